The van der Waals surface area contributed by atoms with E-state index in [1.54, 1.807) is 0 Å². The number of nitrogens with one attached hydrogen (secondary N) is 2. The molecule has 0 aromatic heterocycles. The van der Waals surface area contributed by atoms with E-state index in [2.05, 4.69) is 78.2 Å². The van der Waals surface area contributed by atoms with Crippen molar-refractivity contribution in [3.63, 3.8) is 0 Å². The molecule has 0 radical (unpaired) electrons. The lowest BCUT2D eigenvalue weighted by Gasteiger charge is -2.21. The van der Waals surface area contributed by atoms with E-state index in [-0.39, 0.29) is 0 Å². The summed E-state index contributed by atoms with van der Waals surface area (Å²) in [4.78, 5) is 0. The summed E-state index contributed by atoms with van der Waals surface area (Å²) >= 11 is 0. The van der Waals surface area contributed by atoms with Gasteiger partial charge in [0.05, 0.1) is 6.17 Å². The highest BCUT2D eigenvalue weighted by molar-refractivity contribution is 5.15. The lowest BCUT2D eigenvalue weighted by atomic mass is 10.1. The molecule has 2 rings (SSSR count). The van der Waals surface area contributed by atoms with Crippen LogP contribution in [0, 0.1) is 0 Å². The predicted octanol–water partition coefficient (Wildman–Crippen LogP) is 5.25. The molecular weight excluding hydrogens is 292 g/mol. The van der Waals surface area contributed by atoms with Gasteiger partial charge in [-0.2, -0.15) is 0 Å². The monoisotopic (exact) mass is 324 g/mol. The van der Waals surface area contributed by atoms with E-state index >= 15 is 0 Å². The van der Waals surface area contributed by atoms with E-state index in [1.165, 1.54) is 49.7 Å². The largest absolute Gasteiger partial charge is 0.298 e. The normalized spacial score (nSPS) is 11.1. The van der Waals surface area contributed by atoms with Crippen LogP contribution in [-0.2, 0) is 13.1 Å². The smallest absolute Gasteiger partial charge is 0.0576 e. The van der Waals surface area contributed by atoms with E-state index in [4.69, 9.17) is 0 Å². The second-order valence-corrected chi connectivity index (χ2v) is 6.49. The molecule has 2 N–H and O–H groups in total. The topological polar surface area (TPSA) is 24.1 Å². The molecule has 24 heavy (non-hydrogen) atoms. The van der Waals surface area contributed by atoms with Gasteiger partial charge in [0.15, 0.2) is 0 Å². The van der Waals surface area contributed by atoms with Gasteiger partial charge in [-0.1, -0.05) is 99.7 Å². The Morgan fingerprint density at radius 2 is 1.17 bits per heavy atom. The van der Waals surface area contributed by atoms with Crippen molar-refractivity contribution in [2.45, 2.75) is 64.7 Å². The molecule has 0 bridgehead atoms. The summed E-state index contributed by atoms with van der Waals surface area (Å²) in [6.45, 7) is 4.11. The standard InChI is InChI=1S/C22H32N2/c1-2-3-4-5-12-17-22(23-18-20-13-8-6-9-14-20)24-19-21-15-10-7-11-16-21/h6-11,13-16,22-24H,2-5,12,17-19H2,1H3. The number of benzene rings is 2. The first-order valence-electron chi connectivity index (χ1n) is 9.43. The molecule has 0 aliphatic heterocycles. The van der Waals surface area contributed by atoms with Gasteiger partial charge in [0.25, 0.3) is 0 Å². The molecule has 2 nitrogen and oxygen atoms in total. The summed E-state index contributed by atoms with van der Waals surface area (Å²) in [6.07, 6.45) is 8.21. The first kappa shape index (κ1) is 18.7. The van der Waals surface area contributed by atoms with Crippen molar-refractivity contribution < 1.29 is 0 Å². The van der Waals surface area contributed by atoms with Gasteiger partial charge >= 0.3 is 0 Å². The van der Waals surface area contributed by atoms with Crippen molar-refractivity contribution in [1.29, 1.82) is 0 Å². The Labute approximate surface area is 147 Å². The van der Waals surface area contributed by atoms with E-state index < -0.39 is 0 Å². The zero-order chi connectivity index (χ0) is 16.9. The maximum absolute atomic E-state index is 3.69. The molecule has 130 valence electrons. The molecule has 0 unspecified atom stereocenters. The molecule has 0 aliphatic carbocycles. The number of rotatable bonds is 12. The van der Waals surface area contributed by atoms with Crippen LogP contribution < -0.4 is 10.6 Å². The minimum absolute atomic E-state index is 0.368. The molecule has 0 spiro atoms. The van der Waals surface area contributed by atoms with Gasteiger partial charge in [-0.15, -0.1) is 0 Å². The predicted molar refractivity (Wildman–Crippen MR) is 104 cm³/mol. The fourth-order valence-electron chi connectivity index (χ4n) is 2.90. The molecule has 0 aliphatic rings. The third-order valence-electron chi connectivity index (χ3n) is 4.39. The average molecular weight is 325 g/mol. The van der Waals surface area contributed by atoms with Crippen LogP contribution in [0.5, 0.6) is 0 Å². The Morgan fingerprint density at radius 1 is 0.667 bits per heavy atom. The molecule has 0 heterocycles. The molecule has 2 aromatic rings. The third kappa shape index (κ3) is 7.76. The number of unbranched alkanes of at least 4 members (excludes halogenated alkanes) is 4. The fraction of sp³-hybridized carbons (Fsp3) is 0.455. The number of hydrogen-bond acceptors (Lipinski definition) is 2. The summed E-state index contributed by atoms with van der Waals surface area (Å²) in [5, 5.41) is 7.37. The number of hydrogen-bond donors (Lipinski definition) is 2. The lowest BCUT2D eigenvalue weighted by molar-refractivity contribution is 0.382. The highest BCUT2D eigenvalue weighted by atomic mass is 15.1. The minimum atomic E-state index is 0.368. The van der Waals surface area contributed by atoms with Crippen molar-refractivity contribution in [3.05, 3.63) is 71.8 Å². The van der Waals surface area contributed by atoms with Crippen LogP contribution in [0.15, 0.2) is 60.7 Å². The maximum atomic E-state index is 3.69. The second-order valence-electron chi connectivity index (χ2n) is 6.49. The van der Waals surface area contributed by atoms with Gasteiger partial charge in [-0.25, -0.2) is 0 Å². The van der Waals surface area contributed by atoms with Crippen LogP contribution in [0.2, 0.25) is 0 Å². The van der Waals surface area contributed by atoms with E-state index in [0.29, 0.717) is 6.17 Å². The molecule has 0 amide bonds. The van der Waals surface area contributed by atoms with Crippen LogP contribution in [0.1, 0.15) is 56.6 Å². The first-order valence-corrected chi connectivity index (χ1v) is 9.43. The SMILES string of the molecule is CCCCCCCC(NCc1ccccc1)NCc1ccccc1. The van der Waals surface area contributed by atoms with Crippen molar-refractivity contribution >= 4 is 0 Å². The summed E-state index contributed by atoms with van der Waals surface area (Å²) in [5.41, 5.74) is 2.69. The van der Waals surface area contributed by atoms with Crippen LogP contribution >= 0.6 is 0 Å². The summed E-state index contributed by atoms with van der Waals surface area (Å²) in [7, 11) is 0. The Morgan fingerprint density at radius 3 is 1.67 bits per heavy atom. The first-order chi connectivity index (χ1) is 11.9. The van der Waals surface area contributed by atoms with Gasteiger partial charge in [-0.05, 0) is 17.5 Å². The average Bonchev–Trinajstić information content (AvgIpc) is 2.65. The highest BCUT2D eigenvalue weighted by Crippen LogP contribution is 2.08. The Bertz CT molecular complexity index is 481. The van der Waals surface area contributed by atoms with E-state index in [1.807, 2.05) is 0 Å². The van der Waals surface area contributed by atoms with Gasteiger partial charge in [0, 0.05) is 13.1 Å². The highest BCUT2D eigenvalue weighted by Gasteiger charge is 2.07. The molecular formula is C22H32N2. The van der Waals surface area contributed by atoms with Crippen LogP contribution in [-0.4, -0.2) is 6.17 Å². The van der Waals surface area contributed by atoms with Crippen LogP contribution in [0.25, 0.3) is 0 Å². The van der Waals surface area contributed by atoms with Gasteiger partial charge in [0.1, 0.15) is 0 Å². The van der Waals surface area contributed by atoms with Gasteiger partial charge < -0.3 is 0 Å². The minimum Gasteiger partial charge on any atom is -0.298 e. The summed E-state index contributed by atoms with van der Waals surface area (Å²) in [6, 6.07) is 21.3. The Hall–Kier alpha value is -1.64. The van der Waals surface area contributed by atoms with Gasteiger partial charge in [-0.3, -0.25) is 10.6 Å². The van der Waals surface area contributed by atoms with Gasteiger partial charge in [0.2, 0.25) is 0 Å². The second kappa shape index (κ2) is 11.8. The Balaban J connectivity index is 1.78. The third-order valence-corrected chi connectivity index (χ3v) is 4.39. The van der Waals surface area contributed by atoms with Crippen molar-refractivity contribution in [1.82, 2.24) is 10.6 Å². The quantitative estimate of drug-likeness (QED) is 0.411. The van der Waals surface area contributed by atoms with Crippen LogP contribution in [0.3, 0.4) is 0 Å². The molecule has 0 saturated carbocycles. The molecule has 0 fully saturated rings. The zero-order valence-corrected chi connectivity index (χ0v) is 15.0. The molecule has 0 atom stereocenters. The summed E-state index contributed by atoms with van der Waals surface area (Å²) < 4.78 is 0. The molecule has 2 aromatic carbocycles. The van der Waals surface area contributed by atoms with Crippen molar-refractivity contribution in [3.8, 4) is 0 Å². The maximum Gasteiger partial charge on any atom is 0.0576 e. The zero-order valence-electron chi connectivity index (χ0n) is 15.0. The van der Waals surface area contributed by atoms with Crippen molar-refractivity contribution in [2.24, 2.45) is 0 Å². The van der Waals surface area contributed by atoms with E-state index in [9.17, 15) is 0 Å². The van der Waals surface area contributed by atoms with Crippen LogP contribution in [0.4, 0.5) is 0 Å². The lowest BCUT2D eigenvalue weighted by Crippen LogP contribution is -2.41. The Kier molecular flexibility index (Phi) is 9.21. The molecule has 2 heteroatoms. The van der Waals surface area contributed by atoms with Crippen molar-refractivity contribution in [2.75, 3.05) is 0 Å². The van der Waals surface area contributed by atoms with E-state index in [0.717, 1.165) is 13.1 Å². The summed E-state index contributed by atoms with van der Waals surface area (Å²) in [5.74, 6) is 0. The fourth-order valence-corrected chi connectivity index (χ4v) is 2.90. The molecule has 0 saturated heterocycles.